The number of aliphatic carboxylic acids is 1. The van der Waals surface area contributed by atoms with Crippen LogP contribution in [-0.2, 0) is 14.9 Å². The van der Waals surface area contributed by atoms with Gasteiger partial charge in [-0.05, 0) is 30.5 Å². The molecule has 156 valence electrons. The van der Waals surface area contributed by atoms with Gasteiger partial charge in [0.15, 0.2) is 0 Å². The average molecular weight is 392 g/mol. The molecule has 7 nitrogen and oxygen atoms in total. The molecule has 0 radical (unpaired) electrons. The van der Waals surface area contributed by atoms with Crippen LogP contribution in [0.2, 0.25) is 0 Å². The Bertz CT molecular complexity index is 669. The number of amides is 2. The summed E-state index contributed by atoms with van der Waals surface area (Å²) < 4.78 is 5.69. The van der Waals surface area contributed by atoms with Gasteiger partial charge in [0, 0.05) is 19.6 Å². The molecule has 2 N–H and O–H groups in total. The zero-order valence-corrected chi connectivity index (χ0v) is 17.6. The summed E-state index contributed by atoms with van der Waals surface area (Å²) in [5.41, 5.74) is 2.42. The van der Waals surface area contributed by atoms with Crippen molar-refractivity contribution < 1.29 is 19.4 Å². The molecule has 2 amide bonds. The van der Waals surface area contributed by atoms with E-state index in [0.29, 0.717) is 26.2 Å². The molecule has 1 fully saturated rings. The number of nitrogens with one attached hydrogen (secondary N) is 1. The van der Waals surface area contributed by atoms with E-state index in [1.165, 1.54) is 5.56 Å². The number of carbonyl (C=O) groups is 2. The lowest BCUT2D eigenvalue weighted by molar-refractivity contribution is -0.138. The van der Waals surface area contributed by atoms with E-state index < -0.39 is 5.97 Å². The Labute approximate surface area is 167 Å². The number of carboxylic acid groups (broad SMARTS) is 1. The molecule has 0 saturated carbocycles. The third-order valence-electron chi connectivity index (χ3n) is 4.96. The lowest BCUT2D eigenvalue weighted by atomic mass is 9.86. The van der Waals surface area contributed by atoms with Gasteiger partial charge < -0.3 is 20.1 Å². The van der Waals surface area contributed by atoms with Gasteiger partial charge in [0.1, 0.15) is 0 Å². The van der Waals surface area contributed by atoms with Crippen molar-refractivity contribution in [2.24, 2.45) is 0 Å². The van der Waals surface area contributed by atoms with Gasteiger partial charge >= 0.3 is 12.0 Å². The molecular formula is C21H33N3O4. The summed E-state index contributed by atoms with van der Waals surface area (Å²) in [5, 5.41) is 11.9. The normalized spacial score (nSPS) is 18.8. The Morgan fingerprint density at radius 2 is 1.96 bits per heavy atom. The van der Waals surface area contributed by atoms with Crippen LogP contribution < -0.4 is 5.32 Å². The zero-order valence-electron chi connectivity index (χ0n) is 17.6. The highest BCUT2D eigenvalue weighted by Crippen LogP contribution is 2.24. The van der Waals surface area contributed by atoms with Crippen LogP contribution in [-0.4, -0.2) is 72.8 Å². The first-order valence-corrected chi connectivity index (χ1v) is 9.74. The smallest absolute Gasteiger partial charge is 0.318 e. The molecule has 0 spiro atoms. The second kappa shape index (κ2) is 9.39. The van der Waals surface area contributed by atoms with E-state index in [-0.39, 0.29) is 30.1 Å². The van der Waals surface area contributed by atoms with Gasteiger partial charge in [0.25, 0.3) is 0 Å². The highest BCUT2D eigenvalue weighted by molar-refractivity contribution is 5.74. The summed E-state index contributed by atoms with van der Waals surface area (Å²) >= 11 is 0. The van der Waals surface area contributed by atoms with E-state index >= 15 is 0 Å². The van der Waals surface area contributed by atoms with E-state index in [1.54, 1.807) is 16.8 Å². The number of hydrogen-bond acceptors (Lipinski definition) is 4. The number of hydrogen-bond donors (Lipinski definition) is 2. The van der Waals surface area contributed by atoms with Gasteiger partial charge in [-0.15, -0.1) is 0 Å². The molecule has 0 bridgehead atoms. The van der Waals surface area contributed by atoms with Gasteiger partial charge in [-0.3, -0.25) is 9.69 Å². The van der Waals surface area contributed by atoms with Crippen molar-refractivity contribution >= 4 is 12.0 Å². The molecule has 1 aromatic carbocycles. The zero-order chi connectivity index (χ0) is 20.9. The number of nitrogens with zero attached hydrogens (tertiary/aromatic N) is 2. The maximum atomic E-state index is 12.7. The van der Waals surface area contributed by atoms with Crippen molar-refractivity contribution in [2.75, 3.05) is 39.8 Å². The Hall–Kier alpha value is -2.12. The minimum Gasteiger partial charge on any atom is -0.480 e. The average Bonchev–Trinajstić information content (AvgIpc) is 2.60. The Morgan fingerprint density at radius 1 is 1.32 bits per heavy atom. The summed E-state index contributed by atoms with van der Waals surface area (Å²) in [5.74, 6) is -0.876. The highest BCUT2D eigenvalue weighted by Gasteiger charge is 2.26. The third-order valence-corrected chi connectivity index (χ3v) is 4.96. The first-order valence-electron chi connectivity index (χ1n) is 9.74. The van der Waals surface area contributed by atoms with Crippen LogP contribution in [0.1, 0.15) is 44.9 Å². The van der Waals surface area contributed by atoms with Gasteiger partial charge in [-0.25, -0.2) is 4.79 Å². The van der Waals surface area contributed by atoms with Crippen molar-refractivity contribution in [3.63, 3.8) is 0 Å². The Morgan fingerprint density at radius 3 is 2.54 bits per heavy atom. The second-order valence-electron chi connectivity index (χ2n) is 8.57. The minimum absolute atomic E-state index is 0.0480. The molecule has 0 aromatic heterocycles. The Balaban J connectivity index is 1.89. The molecule has 2 atom stereocenters. The van der Waals surface area contributed by atoms with Gasteiger partial charge in [-0.1, -0.05) is 45.0 Å². The molecule has 28 heavy (non-hydrogen) atoms. The SMILES string of the molecule is CC(NC(=O)N1CCOC(CN(C)CC(=O)O)C1)c1ccc(C(C)(C)C)cc1. The monoisotopic (exact) mass is 391 g/mol. The number of urea groups is 1. The fourth-order valence-electron chi connectivity index (χ4n) is 3.29. The molecule has 1 aliphatic rings. The van der Waals surface area contributed by atoms with Crippen molar-refractivity contribution in [1.82, 2.24) is 15.1 Å². The molecule has 0 aliphatic carbocycles. The number of likely N-dealkylation sites (N-methyl/N-ethyl adjacent to an activating group) is 1. The van der Waals surface area contributed by atoms with Gasteiger partial charge in [0.2, 0.25) is 0 Å². The fourth-order valence-corrected chi connectivity index (χ4v) is 3.29. The van der Waals surface area contributed by atoms with Crippen molar-refractivity contribution in [2.45, 2.75) is 45.3 Å². The Kier molecular flexibility index (Phi) is 7.43. The van der Waals surface area contributed by atoms with Crippen LogP contribution in [0.25, 0.3) is 0 Å². The molecule has 1 heterocycles. The number of ether oxygens (including phenoxy) is 1. The van der Waals surface area contributed by atoms with E-state index in [2.05, 4.69) is 50.4 Å². The lowest BCUT2D eigenvalue weighted by Gasteiger charge is -2.35. The molecule has 2 rings (SSSR count). The van der Waals surface area contributed by atoms with Gasteiger partial charge in [-0.2, -0.15) is 0 Å². The number of carboxylic acids is 1. The van der Waals surface area contributed by atoms with E-state index in [4.69, 9.17) is 9.84 Å². The summed E-state index contributed by atoms with van der Waals surface area (Å²) in [6.45, 7) is 10.4. The maximum Gasteiger partial charge on any atom is 0.318 e. The number of morpholine rings is 1. The van der Waals surface area contributed by atoms with Crippen molar-refractivity contribution in [3.8, 4) is 0 Å². The standard InChI is InChI=1S/C21H33N3O4/c1-15(16-6-8-17(9-7-16)21(2,3)4)22-20(27)24-10-11-28-18(13-24)12-23(5)14-19(25)26/h6-9,15,18H,10-14H2,1-5H3,(H,22,27)(H,25,26). The molecule has 7 heteroatoms. The number of carbonyl (C=O) groups excluding carboxylic acids is 1. The number of benzene rings is 1. The highest BCUT2D eigenvalue weighted by atomic mass is 16.5. The largest absolute Gasteiger partial charge is 0.480 e. The summed E-state index contributed by atoms with van der Waals surface area (Å²) in [6.07, 6.45) is -0.190. The quantitative estimate of drug-likeness (QED) is 0.779. The second-order valence-corrected chi connectivity index (χ2v) is 8.57. The number of rotatable bonds is 6. The summed E-state index contributed by atoms with van der Waals surface area (Å²) in [7, 11) is 1.74. The van der Waals surface area contributed by atoms with E-state index in [1.807, 2.05) is 6.92 Å². The van der Waals surface area contributed by atoms with Crippen LogP contribution in [0.3, 0.4) is 0 Å². The van der Waals surface area contributed by atoms with Crippen LogP contribution in [0.15, 0.2) is 24.3 Å². The first kappa shape index (κ1) is 22.2. The molecule has 1 aromatic rings. The topological polar surface area (TPSA) is 82.1 Å². The third kappa shape index (κ3) is 6.49. The van der Waals surface area contributed by atoms with Crippen LogP contribution >= 0.6 is 0 Å². The van der Waals surface area contributed by atoms with Crippen LogP contribution in [0.5, 0.6) is 0 Å². The summed E-state index contributed by atoms with van der Waals surface area (Å²) in [4.78, 5) is 26.9. The van der Waals surface area contributed by atoms with Crippen molar-refractivity contribution in [3.05, 3.63) is 35.4 Å². The predicted octanol–water partition coefficient (Wildman–Crippen LogP) is 2.47. The summed E-state index contributed by atoms with van der Waals surface area (Å²) in [6, 6.07) is 8.13. The predicted molar refractivity (Wildman–Crippen MR) is 109 cm³/mol. The maximum absolute atomic E-state index is 12.7. The van der Waals surface area contributed by atoms with Crippen LogP contribution in [0.4, 0.5) is 4.79 Å². The minimum atomic E-state index is -0.876. The van der Waals surface area contributed by atoms with E-state index in [9.17, 15) is 9.59 Å². The fraction of sp³-hybridized carbons (Fsp3) is 0.619. The lowest BCUT2D eigenvalue weighted by Crippen LogP contribution is -2.52. The van der Waals surface area contributed by atoms with Crippen LogP contribution in [0, 0.1) is 0 Å². The molecular weight excluding hydrogens is 358 g/mol. The van der Waals surface area contributed by atoms with Gasteiger partial charge in [0.05, 0.1) is 25.3 Å². The van der Waals surface area contributed by atoms with E-state index in [0.717, 1.165) is 5.56 Å². The molecule has 1 aliphatic heterocycles. The first-order chi connectivity index (χ1) is 13.1. The van der Waals surface area contributed by atoms with Crippen molar-refractivity contribution in [1.29, 1.82) is 0 Å². The molecule has 2 unspecified atom stereocenters. The molecule has 1 saturated heterocycles.